The number of hydrogen-bond acceptors (Lipinski definition) is 3. The molecule has 3 heteroatoms. The molecule has 2 nitrogen and oxygen atoms in total. The van der Waals surface area contributed by atoms with Crippen molar-refractivity contribution in [3.8, 4) is 0 Å². The predicted molar refractivity (Wildman–Crippen MR) is 77.5 cm³/mol. The van der Waals surface area contributed by atoms with Crippen molar-refractivity contribution in [3.05, 3.63) is 53.2 Å². The molecule has 1 aromatic heterocycles. The van der Waals surface area contributed by atoms with Crippen molar-refractivity contribution >= 4 is 11.8 Å². The molecule has 3 rings (SSSR count). The van der Waals surface area contributed by atoms with Crippen LogP contribution in [0.2, 0.25) is 0 Å². The normalized spacial score (nSPS) is 15.3. The zero-order chi connectivity index (χ0) is 13.2. The van der Waals surface area contributed by atoms with Crippen molar-refractivity contribution in [2.75, 3.05) is 0 Å². The maximum atomic E-state index is 9.60. The Hall–Kier alpha value is -1.32. The average Bonchev–Trinajstić information content (AvgIpc) is 2.86. The lowest BCUT2D eigenvalue weighted by Crippen LogP contribution is -1.92. The molecule has 0 spiro atoms. The fraction of sp³-hybridized carbons (Fsp3) is 0.312. The Balaban J connectivity index is 1.83. The molecule has 98 valence electrons. The van der Waals surface area contributed by atoms with Crippen LogP contribution in [0.4, 0.5) is 0 Å². The van der Waals surface area contributed by atoms with E-state index in [-0.39, 0.29) is 0 Å². The maximum Gasteiger partial charge on any atom is 0.101 e. The van der Waals surface area contributed by atoms with Crippen LogP contribution >= 0.6 is 11.8 Å². The van der Waals surface area contributed by atoms with E-state index in [2.05, 4.69) is 23.2 Å². The highest BCUT2D eigenvalue weighted by atomic mass is 32.2. The van der Waals surface area contributed by atoms with Crippen molar-refractivity contribution in [1.82, 2.24) is 4.98 Å². The summed E-state index contributed by atoms with van der Waals surface area (Å²) in [5, 5.41) is 10.5. The molecular formula is C16H17NOS. The van der Waals surface area contributed by atoms with E-state index in [9.17, 15) is 5.11 Å². The van der Waals surface area contributed by atoms with Gasteiger partial charge in [0, 0.05) is 11.1 Å². The van der Waals surface area contributed by atoms with Crippen LogP contribution in [0, 0.1) is 0 Å². The average molecular weight is 271 g/mol. The van der Waals surface area contributed by atoms with Gasteiger partial charge in [-0.1, -0.05) is 17.8 Å². The topological polar surface area (TPSA) is 33.1 Å². The second kappa shape index (κ2) is 5.35. The number of aliphatic hydroxyl groups excluding tert-OH is 1. The van der Waals surface area contributed by atoms with Gasteiger partial charge in [-0.05, 0) is 67.1 Å². The monoisotopic (exact) mass is 271 g/mol. The van der Waals surface area contributed by atoms with E-state index in [1.807, 2.05) is 12.1 Å². The highest BCUT2D eigenvalue weighted by Gasteiger charge is 2.11. The molecule has 0 radical (unpaired) electrons. The quantitative estimate of drug-likeness (QED) is 0.922. The Morgan fingerprint density at radius 1 is 1.16 bits per heavy atom. The molecule has 1 atom stereocenters. The van der Waals surface area contributed by atoms with Crippen LogP contribution in [0.3, 0.4) is 0 Å². The maximum absolute atomic E-state index is 9.60. The molecule has 1 aromatic carbocycles. The molecule has 0 aliphatic heterocycles. The van der Waals surface area contributed by atoms with Crippen molar-refractivity contribution in [2.24, 2.45) is 0 Å². The van der Waals surface area contributed by atoms with E-state index in [0.717, 1.165) is 10.6 Å². The molecule has 1 heterocycles. The number of pyridine rings is 1. The Morgan fingerprint density at radius 2 is 2.00 bits per heavy atom. The van der Waals surface area contributed by atoms with Gasteiger partial charge in [0.2, 0.25) is 0 Å². The number of benzene rings is 1. The van der Waals surface area contributed by atoms with Crippen molar-refractivity contribution in [3.63, 3.8) is 0 Å². The molecule has 1 aliphatic rings. The lowest BCUT2D eigenvalue weighted by atomic mass is 10.1. The molecule has 1 N–H and O–H groups in total. The zero-order valence-corrected chi connectivity index (χ0v) is 11.8. The van der Waals surface area contributed by atoms with E-state index in [4.69, 9.17) is 0 Å². The van der Waals surface area contributed by atoms with Crippen LogP contribution in [0.1, 0.15) is 36.1 Å². The summed E-state index contributed by atoms with van der Waals surface area (Å²) in [6, 6.07) is 10.5. The van der Waals surface area contributed by atoms with E-state index in [0.29, 0.717) is 0 Å². The minimum atomic E-state index is -0.442. The summed E-state index contributed by atoms with van der Waals surface area (Å²) in [6.07, 6.45) is 5.01. The first-order valence-corrected chi connectivity index (χ1v) is 7.48. The fourth-order valence-corrected chi connectivity index (χ4v) is 3.36. The summed E-state index contributed by atoms with van der Waals surface area (Å²) in [6.45, 7) is 1.78. The van der Waals surface area contributed by atoms with Crippen molar-refractivity contribution in [1.29, 1.82) is 0 Å². The lowest BCUT2D eigenvalue weighted by Gasteiger charge is -2.07. The first-order valence-electron chi connectivity index (χ1n) is 6.66. The molecule has 19 heavy (non-hydrogen) atoms. The highest BCUT2D eigenvalue weighted by Crippen LogP contribution is 2.31. The number of aromatic nitrogens is 1. The third-order valence-electron chi connectivity index (χ3n) is 3.53. The van der Waals surface area contributed by atoms with Gasteiger partial charge in [-0.25, -0.2) is 4.98 Å². The standard InChI is InChI=1S/C16H17NOS/c1-11(18)13-7-8-17-16(10-13)19-15-6-5-12-3-2-4-14(12)9-15/h5-11,18H,2-4H2,1H3/t11-/m0/s1. The molecule has 0 unspecified atom stereocenters. The van der Waals surface area contributed by atoms with E-state index < -0.39 is 6.10 Å². The number of aliphatic hydroxyl groups is 1. The molecule has 0 fully saturated rings. The Kier molecular flexibility index (Phi) is 3.58. The van der Waals surface area contributed by atoms with Gasteiger partial charge in [0.15, 0.2) is 0 Å². The van der Waals surface area contributed by atoms with Crippen LogP contribution in [0.5, 0.6) is 0 Å². The molecule has 2 aromatic rings. The van der Waals surface area contributed by atoms with Gasteiger partial charge in [-0.15, -0.1) is 0 Å². The summed E-state index contributed by atoms with van der Waals surface area (Å²) in [4.78, 5) is 5.59. The Bertz CT molecular complexity index is 595. The third-order valence-corrected chi connectivity index (χ3v) is 4.46. The van der Waals surface area contributed by atoms with Gasteiger partial charge in [0.05, 0.1) is 6.10 Å². The molecule has 0 saturated carbocycles. The molecule has 1 aliphatic carbocycles. The highest BCUT2D eigenvalue weighted by molar-refractivity contribution is 7.99. The first-order chi connectivity index (χ1) is 9.22. The second-order valence-corrected chi connectivity index (χ2v) is 6.08. The fourth-order valence-electron chi connectivity index (χ4n) is 2.47. The number of hydrogen-bond donors (Lipinski definition) is 1. The predicted octanol–water partition coefficient (Wildman–Crippen LogP) is 3.77. The number of aryl methyl sites for hydroxylation is 2. The third kappa shape index (κ3) is 2.82. The number of fused-ring (bicyclic) bond motifs is 1. The lowest BCUT2D eigenvalue weighted by molar-refractivity contribution is 0.199. The number of rotatable bonds is 3. The van der Waals surface area contributed by atoms with Crippen molar-refractivity contribution < 1.29 is 5.11 Å². The Morgan fingerprint density at radius 3 is 2.84 bits per heavy atom. The molecule has 0 amide bonds. The zero-order valence-electron chi connectivity index (χ0n) is 11.0. The summed E-state index contributed by atoms with van der Waals surface area (Å²) in [5.41, 5.74) is 3.89. The van der Waals surface area contributed by atoms with E-state index in [1.165, 1.54) is 35.3 Å². The molecular weight excluding hydrogens is 254 g/mol. The van der Waals surface area contributed by atoms with Crippen LogP contribution in [-0.4, -0.2) is 10.1 Å². The second-order valence-electron chi connectivity index (χ2n) is 4.99. The Labute approximate surface area is 117 Å². The van der Waals surface area contributed by atoms with E-state index in [1.54, 1.807) is 24.9 Å². The van der Waals surface area contributed by atoms with Crippen LogP contribution in [0.15, 0.2) is 46.5 Å². The minimum absolute atomic E-state index is 0.442. The SMILES string of the molecule is C[C@H](O)c1ccnc(Sc2ccc3c(c2)CCC3)c1. The van der Waals surface area contributed by atoms with Crippen LogP contribution in [0.25, 0.3) is 0 Å². The molecule has 0 bridgehead atoms. The smallest absolute Gasteiger partial charge is 0.101 e. The summed E-state index contributed by atoms with van der Waals surface area (Å²) in [7, 11) is 0. The summed E-state index contributed by atoms with van der Waals surface area (Å²) in [5.74, 6) is 0. The summed E-state index contributed by atoms with van der Waals surface area (Å²) >= 11 is 1.66. The van der Waals surface area contributed by atoms with E-state index >= 15 is 0 Å². The van der Waals surface area contributed by atoms with Gasteiger partial charge in [0.1, 0.15) is 5.03 Å². The van der Waals surface area contributed by atoms with Gasteiger partial charge < -0.3 is 5.11 Å². The van der Waals surface area contributed by atoms with Gasteiger partial charge >= 0.3 is 0 Å². The van der Waals surface area contributed by atoms with Crippen LogP contribution in [-0.2, 0) is 12.8 Å². The molecule has 0 saturated heterocycles. The largest absolute Gasteiger partial charge is 0.389 e. The first kappa shape index (κ1) is 12.7. The van der Waals surface area contributed by atoms with Gasteiger partial charge in [-0.3, -0.25) is 0 Å². The van der Waals surface area contributed by atoms with Crippen molar-refractivity contribution in [2.45, 2.75) is 42.2 Å². The summed E-state index contributed by atoms with van der Waals surface area (Å²) < 4.78 is 0. The van der Waals surface area contributed by atoms with Gasteiger partial charge in [-0.2, -0.15) is 0 Å². The number of nitrogens with zero attached hydrogens (tertiary/aromatic N) is 1. The van der Waals surface area contributed by atoms with Crippen LogP contribution < -0.4 is 0 Å². The minimum Gasteiger partial charge on any atom is -0.389 e. The van der Waals surface area contributed by atoms with Gasteiger partial charge in [0.25, 0.3) is 0 Å².